The highest BCUT2D eigenvalue weighted by molar-refractivity contribution is 7.92. The molecule has 3 aromatic rings. The molecule has 2 N–H and O–H groups in total. The summed E-state index contributed by atoms with van der Waals surface area (Å²) >= 11 is 5.82. The van der Waals surface area contributed by atoms with E-state index in [9.17, 15) is 13.2 Å². The summed E-state index contributed by atoms with van der Waals surface area (Å²) in [6.45, 7) is 1.53. The molecule has 0 radical (unpaired) electrons. The number of aryl methyl sites for hydroxylation is 1. The highest BCUT2D eigenvalue weighted by Gasteiger charge is 2.17. The number of halogens is 1. The van der Waals surface area contributed by atoms with Crippen molar-refractivity contribution in [3.8, 4) is 11.5 Å². The SMILES string of the molecule is COc1ccc(NS(=O)(=O)c2ccc(C)c(NC(=O)COc3ccc(Cl)cc3)c2)cc1. The van der Waals surface area contributed by atoms with E-state index < -0.39 is 15.9 Å². The summed E-state index contributed by atoms with van der Waals surface area (Å²) < 4.78 is 38.5. The molecule has 1 amide bonds. The summed E-state index contributed by atoms with van der Waals surface area (Å²) in [4.78, 5) is 12.3. The molecule has 31 heavy (non-hydrogen) atoms. The average molecular weight is 461 g/mol. The number of anilines is 2. The van der Waals surface area contributed by atoms with Crippen LogP contribution in [0.1, 0.15) is 5.56 Å². The fraction of sp³-hybridized carbons (Fsp3) is 0.136. The van der Waals surface area contributed by atoms with Crippen molar-refractivity contribution in [3.63, 3.8) is 0 Å². The Hall–Kier alpha value is -3.23. The van der Waals surface area contributed by atoms with Crippen molar-refractivity contribution in [1.82, 2.24) is 0 Å². The maximum atomic E-state index is 12.8. The van der Waals surface area contributed by atoms with Crippen LogP contribution in [0, 0.1) is 6.92 Å². The van der Waals surface area contributed by atoms with Gasteiger partial charge in [0.2, 0.25) is 0 Å². The zero-order chi connectivity index (χ0) is 22.4. The van der Waals surface area contributed by atoms with Crippen molar-refractivity contribution in [3.05, 3.63) is 77.3 Å². The van der Waals surface area contributed by atoms with E-state index in [1.54, 1.807) is 61.5 Å². The van der Waals surface area contributed by atoms with Crippen LogP contribution in [-0.2, 0) is 14.8 Å². The number of nitrogens with one attached hydrogen (secondary N) is 2. The van der Waals surface area contributed by atoms with E-state index in [1.807, 2.05) is 0 Å². The highest BCUT2D eigenvalue weighted by Crippen LogP contribution is 2.24. The van der Waals surface area contributed by atoms with Gasteiger partial charge in [0.15, 0.2) is 6.61 Å². The number of rotatable bonds is 8. The quantitative estimate of drug-likeness (QED) is 0.517. The zero-order valence-corrected chi connectivity index (χ0v) is 18.5. The van der Waals surface area contributed by atoms with Crippen LogP contribution in [0.5, 0.6) is 11.5 Å². The normalized spacial score (nSPS) is 10.9. The van der Waals surface area contributed by atoms with Crippen LogP contribution < -0.4 is 19.5 Å². The Balaban J connectivity index is 1.69. The molecule has 0 unspecified atom stereocenters. The molecule has 0 fully saturated rings. The Morgan fingerprint density at radius 1 is 0.968 bits per heavy atom. The number of amides is 1. The van der Waals surface area contributed by atoms with E-state index in [0.717, 1.165) is 0 Å². The molecule has 0 aliphatic carbocycles. The van der Waals surface area contributed by atoms with E-state index in [-0.39, 0.29) is 11.5 Å². The molecular formula is C22H21ClN2O5S. The minimum absolute atomic E-state index is 0.0165. The molecule has 0 aliphatic heterocycles. The molecule has 0 aromatic heterocycles. The third kappa shape index (κ3) is 6.13. The van der Waals surface area contributed by atoms with Gasteiger partial charge in [0, 0.05) is 16.4 Å². The van der Waals surface area contributed by atoms with Crippen LogP contribution in [0.2, 0.25) is 5.02 Å². The van der Waals surface area contributed by atoms with Gasteiger partial charge in [0.05, 0.1) is 12.0 Å². The van der Waals surface area contributed by atoms with E-state index in [4.69, 9.17) is 21.1 Å². The zero-order valence-electron chi connectivity index (χ0n) is 16.9. The standard InChI is InChI=1S/C22H21ClN2O5S/c1-15-3-12-20(31(27,28)25-17-6-10-18(29-2)11-7-17)13-21(15)24-22(26)14-30-19-8-4-16(23)5-9-19/h3-13,25H,14H2,1-2H3,(H,24,26). The molecule has 0 saturated carbocycles. The van der Waals surface area contributed by atoms with Crippen molar-refractivity contribution in [1.29, 1.82) is 0 Å². The minimum atomic E-state index is -3.85. The molecule has 0 bridgehead atoms. The lowest BCUT2D eigenvalue weighted by Gasteiger charge is -2.13. The number of sulfonamides is 1. The van der Waals surface area contributed by atoms with Gasteiger partial charge >= 0.3 is 0 Å². The Kier molecular flexibility index (Phi) is 7.04. The number of hydrogen-bond acceptors (Lipinski definition) is 5. The lowest BCUT2D eigenvalue weighted by atomic mass is 10.2. The molecule has 0 atom stereocenters. The van der Waals surface area contributed by atoms with Gasteiger partial charge < -0.3 is 14.8 Å². The van der Waals surface area contributed by atoms with Crippen molar-refractivity contribution < 1.29 is 22.7 Å². The topological polar surface area (TPSA) is 93.7 Å². The van der Waals surface area contributed by atoms with Crippen LogP contribution in [-0.4, -0.2) is 28.0 Å². The molecule has 0 heterocycles. The molecule has 0 saturated heterocycles. The fourth-order valence-electron chi connectivity index (χ4n) is 2.64. The van der Waals surface area contributed by atoms with Crippen molar-refractivity contribution in [2.24, 2.45) is 0 Å². The second-order valence-electron chi connectivity index (χ2n) is 6.60. The Bertz CT molecular complexity index is 1160. The van der Waals surface area contributed by atoms with Gasteiger partial charge in [-0.1, -0.05) is 17.7 Å². The predicted molar refractivity (Wildman–Crippen MR) is 121 cm³/mol. The van der Waals surface area contributed by atoms with Gasteiger partial charge in [0.25, 0.3) is 15.9 Å². The Labute approximate surface area is 186 Å². The van der Waals surface area contributed by atoms with Crippen molar-refractivity contribution in [2.75, 3.05) is 23.8 Å². The van der Waals surface area contributed by atoms with Crippen LogP contribution in [0.25, 0.3) is 0 Å². The van der Waals surface area contributed by atoms with E-state index >= 15 is 0 Å². The van der Waals surface area contributed by atoms with Crippen LogP contribution in [0.4, 0.5) is 11.4 Å². The number of ether oxygens (including phenoxy) is 2. The number of hydrogen-bond donors (Lipinski definition) is 2. The number of methoxy groups -OCH3 is 1. The molecule has 0 aliphatic rings. The lowest BCUT2D eigenvalue weighted by molar-refractivity contribution is -0.118. The molecule has 9 heteroatoms. The minimum Gasteiger partial charge on any atom is -0.497 e. The maximum absolute atomic E-state index is 12.8. The maximum Gasteiger partial charge on any atom is 0.262 e. The molecule has 3 rings (SSSR count). The molecule has 7 nitrogen and oxygen atoms in total. The Morgan fingerprint density at radius 2 is 1.61 bits per heavy atom. The first-order valence-corrected chi connectivity index (χ1v) is 11.1. The average Bonchev–Trinajstić information content (AvgIpc) is 2.75. The van der Waals surface area contributed by atoms with Gasteiger partial charge in [-0.25, -0.2) is 8.42 Å². The Morgan fingerprint density at radius 3 is 2.26 bits per heavy atom. The molecule has 0 spiro atoms. The summed E-state index contributed by atoms with van der Waals surface area (Å²) in [6, 6.07) is 17.6. The van der Waals surface area contributed by atoms with Gasteiger partial charge in [-0.2, -0.15) is 0 Å². The predicted octanol–water partition coefficient (Wildman–Crippen LogP) is 4.48. The van der Waals surface area contributed by atoms with Crippen molar-refractivity contribution >= 4 is 38.9 Å². The molecular weight excluding hydrogens is 440 g/mol. The fourth-order valence-corrected chi connectivity index (χ4v) is 3.85. The lowest BCUT2D eigenvalue weighted by Crippen LogP contribution is -2.21. The highest BCUT2D eigenvalue weighted by atomic mass is 35.5. The van der Waals surface area contributed by atoms with E-state index in [2.05, 4.69) is 10.0 Å². The largest absolute Gasteiger partial charge is 0.497 e. The first kappa shape index (κ1) is 22.5. The van der Waals surface area contributed by atoms with E-state index in [1.165, 1.54) is 19.2 Å². The first-order chi connectivity index (χ1) is 14.8. The van der Waals surface area contributed by atoms with Gasteiger partial charge in [-0.15, -0.1) is 0 Å². The molecule has 3 aromatic carbocycles. The second kappa shape index (κ2) is 9.72. The van der Waals surface area contributed by atoms with Crippen LogP contribution in [0.3, 0.4) is 0 Å². The number of carbonyl (C=O) groups is 1. The summed E-state index contributed by atoms with van der Waals surface area (Å²) in [5, 5.41) is 3.25. The first-order valence-electron chi connectivity index (χ1n) is 9.22. The third-order valence-corrected chi connectivity index (χ3v) is 5.95. The van der Waals surface area contributed by atoms with E-state index in [0.29, 0.717) is 33.5 Å². The summed E-state index contributed by atoms with van der Waals surface area (Å²) in [5.41, 5.74) is 1.48. The number of carbonyl (C=O) groups excluding carboxylic acids is 1. The number of benzene rings is 3. The monoisotopic (exact) mass is 460 g/mol. The molecule has 162 valence electrons. The second-order valence-corrected chi connectivity index (χ2v) is 8.72. The van der Waals surface area contributed by atoms with Gasteiger partial charge in [0.1, 0.15) is 11.5 Å². The van der Waals surface area contributed by atoms with Gasteiger partial charge in [-0.3, -0.25) is 9.52 Å². The summed E-state index contributed by atoms with van der Waals surface area (Å²) in [5.74, 6) is 0.691. The summed E-state index contributed by atoms with van der Waals surface area (Å²) in [6.07, 6.45) is 0. The third-order valence-electron chi connectivity index (χ3n) is 4.32. The van der Waals surface area contributed by atoms with Crippen LogP contribution in [0.15, 0.2) is 71.6 Å². The van der Waals surface area contributed by atoms with Crippen molar-refractivity contribution in [2.45, 2.75) is 11.8 Å². The van der Waals surface area contributed by atoms with Gasteiger partial charge in [-0.05, 0) is 73.2 Å². The smallest absolute Gasteiger partial charge is 0.262 e. The van der Waals surface area contributed by atoms with Crippen LogP contribution >= 0.6 is 11.6 Å². The summed E-state index contributed by atoms with van der Waals surface area (Å²) in [7, 11) is -2.32.